The van der Waals surface area contributed by atoms with Gasteiger partial charge in [0.15, 0.2) is 5.78 Å². The molecule has 0 saturated carbocycles. The van der Waals surface area contributed by atoms with Crippen LogP contribution in [0.2, 0.25) is 0 Å². The molecule has 0 fully saturated rings. The maximum Gasteiger partial charge on any atom is 0.169 e. The second-order valence-electron chi connectivity index (χ2n) is 7.92. The Hall–Kier alpha value is -1.15. The van der Waals surface area contributed by atoms with Crippen molar-refractivity contribution in [2.75, 3.05) is 0 Å². The number of aliphatic hydroxyl groups excluding tert-OH is 1. The van der Waals surface area contributed by atoms with Crippen molar-refractivity contribution in [2.24, 2.45) is 17.3 Å². The van der Waals surface area contributed by atoms with Gasteiger partial charge in [0.25, 0.3) is 0 Å². The minimum atomic E-state index is -0.595. The van der Waals surface area contributed by atoms with Crippen molar-refractivity contribution < 1.29 is 9.90 Å². The molecule has 0 unspecified atom stereocenters. The summed E-state index contributed by atoms with van der Waals surface area (Å²) in [5.74, 6) is 0.364. The lowest BCUT2D eigenvalue weighted by Crippen LogP contribution is -2.33. The average molecular weight is 300 g/mol. The second-order valence-corrected chi connectivity index (χ2v) is 7.92. The zero-order chi connectivity index (χ0) is 16.1. The summed E-state index contributed by atoms with van der Waals surface area (Å²) in [5.41, 5.74) is 4.20. The van der Waals surface area contributed by atoms with Gasteiger partial charge in [-0.3, -0.25) is 4.79 Å². The molecule has 0 aromatic rings. The first-order valence-corrected chi connectivity index (χ1v) is 8.63. The maximum absolute atomic E-state index is 13.0. The molecule has 120 valence electrons. The number of fused-ring (bicyclic) bond motifs is 2. The molecule has 2 heteroatoms. The minimum Gasteiger partial charge on any atom is -0.388 e. The smallest absolute Gasteiger partial charge is 0.169 e. The van der Waals surface area contributed by atoms with E-state index in [-0.39, 0.29) is 17.1 Å². The first-order valence-electron chi connectivity index (χ1n) is 8.63. The number of carbonyl (C=O) groups is 1. The van der Waals surface area contributed by atoms with E-state index >= 15 is 0 Å². The topological polar surface area (TPSA) is 37.3 Å². The quantitative estimate of drug-likeness (QED) is 0.675. The third-order valence-corrected chi connectivity index (χ3v) is 6.25. The van der Waals surface area contributed by atoms with Gasteiger partial charge in [0.1, 0.15) is 0 Å². The molecule has 3 rings (SSSR count). The van der Waals surface area contributed by atoms with E-state index in [2.05, 4.69) is 26.5 Å². The number of allylic oxidation sites excluding steroid dienone is 3. The van der Waals surface area contributed by atoms with E-state index in [9.17, 15) is 9.90 Å². The molecule has 3 aliphatic rings. The number of hydrogen-bond donors (Lipinski definition) is 1. The van der Waals surface area contributed by atoms with Crippen molar-refractivity contribution in [1.29, 1.82) is 0 Å². The minimum absolute atomic E-state index is 0.125. The van der Waals surface area contributed by atoms with E-state index in [1.165, 1.54) is 5.57 Å². The van der Waals surface area contributed by atoms with E-state index in [1.54, 1.807) is 0 Å². The number of ketones is 1. The van der Waals surface area contributed by atoms with Crippen LogP contribution in [-0.2, 0) is 4.79 Å². The van der Waals surface area contributed by atoms with Gasteiger partial charge in [0.05, 0.1) is 12.0 Å². The predicted molar refractivity (Wildman–Crippen MR) is 89.4 cm³/mol. The monoisotopic (exact) mass is 300 g/mol. The van der Waals surface area contributed by atoms with Gasteiger partial charge in [-0.1, -0.05) is 37.6 Å². The van der Waals surface area contributed by atoms with Crippen molar-refractivity contribution in [3.05, 3.63) is 34.9 Å². The Morgan fingerprint density at radius 2 is 1.91 bits per heavy atom. The van der Waals surface area contributed by atoms with Crippen LogP contribution in [0, 0.1) is 17.3 Å². The molecular weight excluding hydrogens is 272 g/mol. The molecule has 22 heavy (non-hydrogen) atoms. The largest absolute Gasteiger partial charge is 0.388 e. The van der Waals surface area contributed by atoms with Gasteiger partial charge in [0, 0.05) is 5.57 Å². The summed E-state index contributed by atoms with van der Waals surface area (Å²) in [6.07, 6.45) is 7.60. The number of rotatable bonds is 0. The van der Waals surface area contributed by atoms with Crippen LogP contribution in [0.3, 0.4) is 0 Å². The predicted octanol–water partition coefficient (Wildman–Crippen LogP) is 4.36. The van der Waals surface area contributed by atoms with Crippen LogP contribution in [0.4, 0.5) is 0 Å². The molecule has 0 saturated heterocycles. The number of Topliss-reactive ketones (excluding diaryl/α,β-unsaturated/α-hetero) is 1. The third kappa shape index (κ3) is 2.32. The van der Waals surface area contributed by atoms with Crippen LogP contribution in [0.25, 0.3) is 0 Å². The van der Waals surface area contributed by atoms with Gasteiger partial charge in [-0.15, -0.1) is 0 Å². The van der Waals surface area contributed by atoms with Crippen LogP contribution >= 0.6 is 0 Å². The molecule has 3 aliphatic carbocycles. The van der Waals surface area contributed by atoms with Crippen LogP contribution in [0.1, 0.15) is 59.3 Å². The summed E-state index contributed by atoms with van der Waals surface area (Å²) in [6, 6.07) is 0. The van der Waals surface area contributed by atoms with Crippen LogP contribution < -0.4 is 0 Å². The Balaban J connectivity index is 2.08. The Morgan fingerprint density at radius 1 is 1.23 bits per heavy atom. The van der Waals surface area contributed by atoms with Gasteiger partial charge in [-0.05, 0) is 62.4 Å². The SMILES string of the molecule is C=C1CC/C=C(/C)[C@@H]2C(=O)C3=C(CC[C@@H](CC1)C3(C)C)[C@@H]2O. The van der Waals surface area contributed by atoms with E-state index in [4.69, 9.17) is 0 Å². The van der Waals surface area contributed by atoms with Crippen LogP contribution in [-0.4, -0.2) is 17.0 Å². The lowest BCUT2D eigenvalue weighted by atomic mass is 9.64. The second kappa shape index (κ2) is 5.49. The van der Waals surface area contributed by atoms with Crippen molar-refractivity contribution in [3.63, 3.8) is 0 Å². The molecular formula is C20H28O2. The lowest BCUT2D eigenvalue weighted by molar-refractivity contribution is -0.120. The Morgan fingerprint density at radius 3 is 2.64 bits per heavy atom. The van der Waals surface area contributed by atoms with Crippen molar-refractivity contribution >= 4 is 5.78 Å². The zero-order valence-electron chi connectivity index (χ0n) is 14.1. The fourth-order valence-corrected chi connectivity index (χ4v) is 4.80. The zero-order valence-corrected chi connectivity index (χ0v) is 14.1. The lowest BCUT2D eigenvalue weighted by Gasteiger charge is -2.40. The van der Waals surface area contributed by atoms with E-state index in [1.807, 2.05) is 6.92 Å². The highest BCUT2D eigenvalue weighted by molar-refractivity contribution is 6.04. The van der Waals surface area contributed by atoms with Crippen LogP contribution in [0.15, 0.2) is 34.9 Å². The molecule has 3 atom stereocenters. The Bertz CT molecular complexity index is 577. The van der Waals surface area contributed by atoms with Gasteiger partial charge < -0.3 is 5.11 Å². The first-order chi connectivity index (χ1) is 10.3. The van der Waals surface area contributed by atoms with Gasteiger partial charge >= 0.3 is 0 Å². The normalized spacial score (nSPS) is 37.6. The summed E-state index contributed by atoms with van der Waals surface area (Å²) in [4.78, 5) is 13.0. The third-order valence-electron chi connectivity index (χ3n) is 6.25. The van der Waals surface area contributed by atoms with Crippen LogP contribution in [0.5, 0.6) is 0 Å². The molecule has 0 amide bonds. The highest BCUT2D eigenvalue weighted by atomic mass is 16.3. The number of hydrogen-bond acceptors (Lipinski definition) is 2. The molecule has 0 radical (unpaired) electrons. The molecule has 0 spiro atoms. The molecule has 0 heterocycles. The Labute approximate surface area is 134 Å². The number of aliphatic hydroxyl groups is 1. The number of carbonyl (C=O) groups excluding carboxylic acids is 1. The Kier molecular flexibility index (Phi) is 3.92. The fraction of sp³-hybridized carbons (Fsp3) is 0.650. The summed E-state index contributed by atoms with van der Waals surface area (Å²) >= 11 is 0. The van der Waals surface area contributed by atoms with Gasteiger partial charge in [-0.25, -0.2) is 0 Å². The molecule has 0 aromatic heterocycles. The maximum atomic E-state index is 13.0. The standard InChI is InChI=1S/C20H28O2/c1-12-6-5-7-13(2)16-18(21)15-11-10-14(9-8-12)20(3,4)17(15)19(16)22/h7,14,16,18,21H,1,5-6,8-11H2,2-4H3/b13-7-/t14-,16+,18+/m1/s1. The van der Waals surface area contributed by atoms with Gasteiger partial charge in [-0.2, -0.15) is 0 Å². The molecule has 0 aliphatic heterocycles. The molecule has 0 aromatic carbocycles. The molecule has 3 bridgehead atoms. The summed E-state index contributed by atoms with van der Waals surface area (Å²) in [7, 11) is 0. The first kappa shape index (κ1) is 15.7. The van der Waals surface area contributed by atoms with Crippen molar-refractivity contribution in [3.8, 4) is 0 Å². The van der Waals surface area contributed by atoms with Gasteiger partial charge in [0.2, 0.25) is 0 Å². The molecule has 1 N–H and O–H groups in total. The van der Waals surface area contributed by atoms with E-state index in [0.29, 0.717) is 5.92 Å². The summed E-state index contributed by atoms with van der Waals surface area (Å²) < 4.78 is 0. The van der Waals surface area contributed by atoms with E-state index < -0.39 is 6.10 Å². The molecule has 2 nitrogen and oxygen atoms in total. The summed E-state index contributed by atoms with van der Waals surface area (Å²) in [5, 5.41) is 10.7. The van der Waals surface area contributed by atoms with Crippen molar-refractivity contribution in [2.45, 2.75) is 65.4 Å². The average Bonchev–Trinajstić information content (AvgIpc) is 2.69. The highest BCUT2D eigenvalue weighted by Crippen LogP contribution is 2.53. The highest BCUT2D eigenvalue weighted by Gasteiger charge is 2.51. The summed E-state index contributed by atoms with van der Waals surface area (Å²) in [6.45, 7) is 10.6. The van der Waals surface area contributed by atoms with Crippen molar-refractivity contribution in [1.82, 2.24) is 0 Å². The fourth-order valence-electron chi connectivity index (χ4n) is 4.80. The van der Waals surface area contributed by atoms with E-state index in [0.717, 1.165) is 55.2 Å².